The molecule has 0 aliphatic rings. The molecule has 0 unspecified atom stereocenters. The van der Waals surface area contributed by atoms with Gasteiger partial charge in [-0.25, -0.2) is 14.2 Å². The monoisotopic (exact) mass is 292 g/mol. The third kappa shape index (κ3) is 3.11. The molecular weight excluding hydrogens is 283 g/mol. The fourth-order valence-corrected chi connectivity index (χ4v) is 1.53. The summed E-state index contributed by atoms with van der Waals surface area (Å²) in [5.41, 5.74) is -0.531. The van der Waals surface area contributed by atoms with Gasteiger partial charge in [-0.05, 0) is 18.2 Å². The Kier molecular flexibility index (Phi) is 4.07. The van der Waals surface area contributed by atoms with E-state index in [1.54, 1.807) is 0 Å². The lowest BCUT2D eigenvalue weighted by atomic mass is 10.3. The summed E-state index contributed by atoms with van der Waals surface area (Å²) in [7, 11) is 1.17. The Hall–Kier alpha value is -3.03. The van der Waals surface area contributed by atoms with Gasteiger partial charge in [-0.2, -0.15) is 0 Å². The van der Waals surface area contributed by atoms with Gasteiger partial charge in [0.25, 0.3) is 5.69 Å². The first kappa shape index (κ1) is 14.4. The zero-order valence-electron chi connectivity index (χ0n) is 10.8. The van der Waals surface area contributed by atoms with Crippen LogP contribution in [0.1, 0.15) is 10.5 Å². The minimum atomic E-state index is -0.927. The fraction of sp³-hybridized carbons (Fsp3) is 0.0769. The van der Waals surface area contributed by atoms with Crippen LogP contribution in [-0.2, 0) is 4.74 Å². The summed E-state index contributed by atoms with van der Waals surface area (Å²) in [4.78, 5) is 25.1. The Morgan fingerprint density at radius 3 is 2.71 bits per heavy atom. The number of non-ortho nitro benzene ring substituents is 1. The molecule has 8 heteroatoms. The van der Waals surface area contributed by atoms with Crippen molar-refractivity contribution in [2.24, 2.45) is 0 Å². The van der Waals surface area contributed by atoms with Crippen LogP contribution in [0.15, 0.2) is 36.5 Å². The number of rotatable bonds is 4. The molecular formula is C13H9FN2O5. The highest BCUT2D eigenvalue weighted by Crippen LogP contribution is 2.29. The highest BCUT2D eigenvalue weighted by atomic mass is 19.1. The number of hydrogen-bond acceptors (Lipinski definition) is 6. The normalized spacial score (nSPS) is 10.0. The number of nitrogens with zero attached hydrogens (tertiary/aromatic N) is 2. The van der Waals surface area contributed by atoms with Crippen LogP contribution >= 0.6 is 0 Å². The molecule has 2 aromatic rings. The number of nitro groups is 1. The van der Waals surface area contributed by atoms with Crippen molar-refractivity contribution in [3.63, 3.8) is 0 Å². The average molecular weight is 292 g/mol. The van der Waals surface area contributed by atoms with E-state index in [9.17, 15) is 19.3 Å². The van der Waals surface area contributed by atoms with Crippen LogP contribution in [-0.4, -0.2) is 23.0 Å². The summed E-state index contributed by atoms with van der Waals surface area (Å²) < 4.78 is 23.5. The zero-order valence-corrected chi connectivity index (χ0v) is 10.8. The standard InChI is InChI=1S/C13H9FN2O5/c1-20-13(17)12-11(3-2-6-15-12)21-10-5-4-8(16(18)19)7-9(10)14/h2-7H,1H3. The summed E-state index contributed by atoms with van der Waals surface area (Å²) in [6.07, 6.45) is 1.35. The van der Waals surface area contributed by atoms with Crippen molar-refractivity contribution < 1.29 is 23.6 Å². The molecule has 1 heterocycles. The molecule has 1 aromatic heterocycles. The van der Waals surface area contributed by atoms with Gasteiger partial charge in [0, 0.05) is 12.3 Å². The summed E-state index contributed by atoms with van der Waals surface area (Å²) in [5.74, 6) is -1.95. The lowest BCUT2D eigenvalue weighted by Crippen LogP contribution is -2.06. The molecule has 1 aromatic carbocycles. The molecule has 108 valence electrons. The number of halogens is 1. The average Bonchev–Trinajstić information content (AvgIpc) is 2.49. The van der Waals surface area contributed by atoms with Crippen molar-refractivity contribution in [2.75, 3.05) is 7.11 Å². The molecule has 0 radical (unpaired) electrons. The fourth-order valence-electron chi connectivity index (χ4n) is 1.53. The highest BCUT2D eigenvalue weighted by molar-refractivity contribution is 5.90. The quantitative estimate of drug-likeness (QED) is 0.488. The van der Waals surface area contributed by atoms with Crippen molar-refractivity contribution >= 4 is 11.7 Å². The molecule has 0 amide bonds. The lowest BCUT2D eigenvalue weighted by Gasteiger charge is -2.09. The predicted octanol–water partition coefficient (Wildman–Crippen LogP) is 2.71. The number of carbonyl (C=O) groups is 1. The van der Waals surface area contributed by atoms with Crippen LogP contribution in [0, 0.1) is 15.9 Å². The van der Waals surface area contributed by atoms with E-state index in [0.717, 1.165) is 18.2 Å². The molecule has 0 saturated heterocycles. The van der Waals surface area contributed by atoms with Crippen molar-refractivity contribution in [1.29, 1.82) is 0 Å². The van der Waals surface area contributed by atoms with E-state index in [2.05, 4.69) is 9.72 Å². The van der Waals surface area contributed by atoms with Crippen LogP contribution in [0.4, 0.5) is 10.1 Å². The Morgan fingerprint density at radius 1 is 1.33 bits per heavy atom. The molecule has 0 aliphatic carbocycles. The number of nitro benzene ring substituents is 1. The van der Waals surface area contributed by atoms with Crippen molar-refractivity contribution in [3.05, 3.63) is 58.2 Å². The molecule has 7 nitrogen and oxygen atoms in total. The summed E-state index contributed by atoms with van der Waals surface area (Å²) in [5, 5.41) is 10.5. The van der Waals surface area contributed by atoms with Crippen molar-refractivity contribution in [1.82, 2.24) is 4.98 Å². The maximum absolute atomic E-state index is 13.7. The summed E-state index contributed by atoms with van der Waals surface area (Å²) in [6.45, 7) is 0. The molecule has 2 rings (SSSR count). The van der Waals surface area contributed by atoms with Gasteiger partial charge in [-0.1, -0.05) is 0 Å². The first-order valence-electron chi connectivity index (χ1n) is 5.68. The second-order valence-corrected chi connectivity index (χ2v) is 3.82. The van der Waals surface area contributed by atoms with Crippen molar-refractivity contribution in [3.8, 4) is 11.5 Å². The topological polar surface area (TPSA) is 91.6 Å². The molecule has 0 fully saturated rings. The Labute approximate surface area is 118 Å². The van der Waals surface area contributed by atoms with E-state index < -0.39 is 22.4 Å². The largest absolute Gasteiger partial charge is 0.464 e. The van der Waals surface area contributed by atoms with Gasteiger partial charge in [0.1, 0.15) is 0 Å². The number of methoxy groups -OCH3 is 1. The van der Waals surface area contributed by atoms with Crippen LogP contribution in [0.25, 0.3) is 0 Å². The van der Waals surface area contributed by atoms with E-state index in [0.29, 0.717) is 0 Å². The number of hydrogen-bond donors (Lipinski definition) is 0. The van der Waals surface area contributed by atoms with Crippen LogP contribution in [0.5, 0.6) is 11.5 Å². The van der Waals surface area contributed by atoms with Crippen LogP contribution in [0.2, 0.25) is 0 Å². The second kappa shape index (κ2) is 5.95. The molecule has 0 spiro atoms. The summed E-state index contributed by atoms with van der Waals surface area (Å²) in [6, 6.07) is 5.81. The third-order valence-corrected chi connectivity index (χ3v) is 2.50. The van der Waals surface area contributed by atoms with Gasteiger partial charge in [0.15, 0.2) is 23.0 Å². The zero-order chi connectivity index (χ0) is 15.4. The van der Waals surface area contributed by atoms with Gasteiger partial charge in [-0.3, -0.25) is 10.1 Å². The summed E-state index contributed by atoms with van der Waals surface area (Å²) >= 11 is 0. The first-order chi connectivity index (χ1) is 10.0. The van der Waals surface area contributed by atoms with Gasteiger partial charge < -0.3 is 9.47 Å². The number of ether oxygens (including phenoxy) is 2. The Balaban J connectivity index is 2.35. The van der Waals surface area contributed by atoms with Gasteiger partial charge >= 0.3 is 5.97 Å². The SMILES string of the molecule is COC(=O)c1ncccc1Oc1ccc([N+](=O)[O-])cc1F. The van der Waals surface area contributed by atoms with E-state index >= 15 is 0 Å². The van der Waals surface area contributed by atoms with Gasteiger partial charge in [0.2, 0.25) is 0 Å². The van der Waals surface area contributed by atoms with E-state index in [1.807, 2.05) is 0 Å². The van der Waals surface area contributed by atoms with E-state index in [-0.39, 0.29) is 17.2 Å². The molecule has 0 bridgehead atoms. The highest BCUT2D eigenvalue weighted by Gasteiger charge is 2.17. The minimum Gasteiger partial charge on any atom is -0.464 e. The van der Waals surface area contributed by atoms with Crippen molar-refractivity contribution in [2.45, 2.75) is 0 Å². The first-order valence-corrected chi connectivity index (χ1v) is 5.68. The molecule has 0 atom stereocenters. The molecule has 0 aliphatic heterocycles. The third-order valence-electron chi connectivity index (χ3n) is 2.50. The van der Waals surface area contributed by atoms with Gasteiger partial charge in [-0.15, -0.1) is 0 Å². The Bertz CT molecular complexity index is 705. The molecule has 0 N–H and O–H groups in total. The minimum absolute atomic E-state index is 0.0166. The van der Waals surface area contributed by atoms with E-state index in [1.165, 1.54) is 25.4 Å². The number of aromatic nitrogens is 1. The number of esters is 1. The molecule has 21 heavy (non-hydrogen) atoms. The van der Waals surface area contributed by atoms with E-state index in [4.69, 9.17) is 4.74 Å². The maximum Gasteiger partial charge on any atom is 0.360 e. The Morgan fingerprint density at radius 2 is 2.10 bits per heavy atom. The predicted molar refractivity (Wildman–Crippen MR) is 68.7 cm³/mol. The smallest absolute Gasteiger partial charge is 0.360 e. The van der Waals surface area contributed by atoms with Crippen LogP contribution in [0.3, 0.4) is 0 Å². The molecule has 0 saturated carbocycles. The number of benzene rings is 1. The van der Waals surface area contributed by atoms with Gasteiger partial charge in [0.05, 0.1) is 18.1 Å². The van der Waals surface area contributed by atoms with Crippen LogP contribution < -0.4 is 4.74 Å². The number of pyridine rings is 1. The maximum atomic E-state index is 13.7. The number of carbonyl (C=O) groups excluding carboxylic acids is 1. The second-order valence-electron chi connectivity index (χ2n) is 3.82. The lowest BCUT2D eigenvalue weighted by molar-refractivity contribution is -0.385.